The normalized spacial score (nSPS) is 10.1. The summed E-state index contributed by atoms with van der Waals surface area (Å²) < 4.78 is 181. The van der Waals surface area contributed by atoms with Crippen LogP contribution in [0.3, 0.4) is 0 Å². The summed E-state index contributed by atoms with van der Waals surface area (Å²) in [6.07, 6.45) is -4.38. The fraction of sp³-hybridized carbons (Fsp3) is 0.0323. The average molecular weight is 800 g/mol. The van der Waals surface area contributed by atoms with Gasteiger partial charge in [-0.3, -0.25) is 0 Å². The molecule has 0 aliphatic rings. The molecule has 0 nitrogen and oxygen atoms in total. The highest BCUT2D eigenvalue weighted by molar-refractivity contribution is 14.1. The zero-order valence-electron chi connectivity index (χ0n) is 22.8. The molecule has 0 saturated carbocycles. The van der Waals surface area contributed by atoms with Gasteiger partial charge in [0.2, 0.25) is 34.9 Å². The smallest absolute Gasteiger partial charge is 0.207 e. The van der Waals surface area contributed by atoms with Crippen LogP contribution < -0.4 is 0 Å². The number of rotatable bonds is 0. The first kappa shape index (κ1) is 40.8. The molecule has 0 aliphatic carbocycles. The predicted molar refractivity (Wildman–Crippen MR) is 149 cm³/mol. The van der Waals surface area contributed by atoms with Crippen molar-refractivity contribution in [3.63, 3.8) is 0 Å². The monoisotopic (exact) mass is 800 g/mol. The minimum atomic E-state index is -4.38. The van der Waals surface area contributed by atoms with Crippen LogP contribution in [0.25, 0.3) is 0 Å². The highest BCUT2D eigenvalue weighted by Gasteiger charge is 2.30. The largest absolute Gasteiger partial charge is 0.416 e. The Morgan fingerprint density at radius 1 is 0.340 bits per heavy atom. The first-order valence-electron chi connectivity index (χ1n) is 12.1. The van der Waals surface area contributed by atoms with Crippen molar-refractivity contribution in [2.45, 2.75) is 6.18 Å². The second-order valence-corrected chi connectivity index (χ2v) is 9.45. The van der Waals surface area contributed by atoms with Crippen molar-refractivity contribution in [2.75, 3.05) is 0 Å². The van der Waals surface area contributed by atoms with E-state index in [1.54, 1.807) is 12.1 Å². The van der Waals surface area contributed by atoms with E-state index in [-0.39, 0.29) is 5.82 Å². The summed E-state index contributed by atoms with van der Waals surface area (Å²) >= 11 is 2.13. The van der Waals surface area contributed by atoms with Gasteiger partial charge in [-0.2, -0.15) is 13.2 Å². The second-order valence-electron chi connectivity index (χ2n) is 8.20. The zero-order chi connectivity index (χ0) is 35.9. The third kappa shape index (κ3) is 15.3. The maximum Gasteiger partial charge on any atom is 0.416 e. The summed E-state index contributed by atoms with van der Waals surface area (Å²) in [5.41, 5.74) is -0.834. The van der Waals surface area contributed by atoms with Crippen LogP contribution in [0, 0.1) is 73.4 Å². The number of alkyl halides is 3. The van der Waals surface area contributed by atoms with Crippen molar-refractivity contribution in [3.8, 4) is 0 Å². The van der Waals surface area contributed by atoms with Crippen LogP contribution in [0.2, 0.25) is 0 Å². The summed E-state index contributed by atoms with van der Waals surface area (Å²) in [7, 11) is 0. The average Bonchev–Trinajstić information content (AvgIpc) is 3.02. The zero-order valence-corrected chi connectivity index (χ0v) is 24.9. The molecule has 0 amide bonds. The topological polar surface area (TPSA) is 0 Å². The SMILES string of the molecule is Fc1c(F)c(F)c(F)c(F)c1F.Fc1ccc(C(F)(F)F)cc1.Fc1ccc(F)cc1.Fc1ccc(I)cc1.Fc1cccc(F)c1. The molecule has 0 saturated heterocycles. The lowest BCUT2D eigenvalue weighted by Gasteiger charge is -2.04. The van der Waals surface area contributed by atoms with Gasteiger partial charge in [0.1, 0.15) is 34.9 Å². The molecule has 0 unspecified atom stereocenters. The van der Waals surface area contributed by atoms with Gasteiger partial charge in [0, 0.05) is 9.64 Å². The predicted octanol–water partition coefficient (Wildman–Crippen LogP) is 11.7. The van der Waals surface area contributed by atoms with Crippen molar-refractivity contribution in [1.29, 1.82) is 0 Å². The Labute approximate surface area is 270 Å². The molecule has 252 valence electrons. The van der Waals surface area contributed by atoms with Crippen molar-refractivity contribution < 1.29 is 65.9 Å². The molecule has 47 heavy (non-hydrogen) atoms. The molecular weight excluding hydrogens is 784 g/mol. The van der Waals surface area contributed by atoms with Crippen molar-refractivity contribution in [3.05, 3.63) is 176 Å². The van der Waals surface area contributed by atoms with Crippen LogP contribution in [0.5, 0.6) is 0 Å². The quantitative estimate of drug-likeness (QED) is 0.0633. The van der Waals surface area contributed by atoms with Gasteiger partial charge in [0.15, 0.2) is 0 Å². The van der Waals surface area contributed by atoms with Crippen molar-refractivity contribution in [2.24, 2.45) is 0 Å². The Morgan fingerprint density at radius 3 is 0.809 bits per heavy atom. The maximum absolute atomic E-state index is 12.1. The van der Waals surface area contributed by atoms with E-state index in [1.165, 1.54) is 30.3 Å². The summed E-state index contributed by atoms with van der Waals surface area (Å²) in [4.78, 5) is 0. The molecule has 5 aromatic carbocycles. The van der Waals surface area contributed by atoms with Crippen LogP contribution >= 0.6 is 22.6 Å². The van der Waals surface area contributed by atoms with Gasteiger partial charge in [0.25, 0.3) is 0 Å². The Kier molecular flexibility index (Phi) is 16.9. The molecular formula is C31H16F15I. The second kappa shape index (κ2) is 19.4. The standard InChI is InChI=1S/C7H4F4.C6F6.2C6H4F2.C6H4FI/c8-6-3-1-5(2-4-6)7(9,10)11;7-1-2(8)4(10)6(12)5(11)3(1)9;7-5-1-2-6(8)4-3-5;7-5-2-1-3-6(8)4-5;7-5-1-3-6(8)4-2-5/h1-4H;;3*1-4H. The van der Waals surface area contributed by atoms with E-state index < -0.39 is 75.7 Å². The summed E-state index contributed by atoms with van der Waals surface area (Å²) in [5.74, 6) is -17.0. The lowest BCUT2D eigenvalue weighted by molar-refractivity contribution is -0.137. The highest BCUT2D eigenvalue weighted by Crippen LogP contribution is 2.28. The number of benzene rings is 5. The van der Waals surface area contributed by atoms with Crippen LogP contribution in [0.4, 0.5) is 65.9 Å². The van der Waals surface area contributed by atoms with E-state index in [4.69, 9.17) is 0 Å². The molecule has 0 spiro atoms. The van der Waals surface area contributed by atoms with Gasteiger partial charge in [-0.05, 0) is 108 Å². The molecule has 5 rings (SSSR count). The lowest BCUT2D eigenvalue weighted by Crippen LogP contribution is -2.04. The van der Waals surface area contributed by atoms with E-state index in [2.05, 4.69) is 22.6 Å². The van der Waals surface area contributed by atoms with E-state index >= 15 is 0 Å². The molecule has 0 radical (unpaired) electrons. The fourth-order valence-corrected chi connectivity index (χ4v) is 2.90. The molecule has 0 atom stereocenters. The Bertz CT molecular complexity index is 1460. The fourth-order valence-electron chi connectivity index (χ4n) is 2.54. The lowest BCUT2D eigenvalue weighted by atomic mass is 10.2. The molecule has 0 N–H and O–H groups in total. The van der Waals surface area contributed by atoms with Gasteiger partial charge in [0.05, 0.1) is 5.56 Å². The van der Waals surface area contributed by atoms with E-state index in [9.17, 15) is 65.9 Å². The first-order valence-corrected chi connectivity index (χ1v) is 13.1. The summed E-state index contributed by atoms with van der Waals surface area (Å²) in [5, 5.41) is 0. The number of halogens is 16. The third-order valence-corrected chi connectivity index (χ3v) is 5.44. The Morgan fingerprint density at radius 2 is 0.596 bits per heavy atom. The third-order valence-electron chi connectivity index (χ3n) is 4.72. The molecule has 0 bridgehead atoms. The highest BCUT2D eigenvalue weighted by atomic mass is 127. The van der Waals surface area contributed by atoms with Gasteiger partial charge < -0.3 is 0 Å². The summed E-state index contributed by atoms with van der Waals surface area (Å²) in [6, 6.07) is 18.2. The first-order chi connectivity index (χ1) is 21.8. The van der Waals surface area contributed by atoms with E-state index in [0.717, 1.165) is 46.0 Å². The number of hydrogen-bond acceptors (Lipinski definition) is 0. The number of hydrogen-bond donors (Lipinski definition) is 0. The van der Waals surface area contributed by atoms with Gasteiger partial charge in [-0.15, -0.1) is 0 Å². The molecule has 16 heteroatoms. The minimum absolute atomic E-state index is 0.176. The molecule has 0 aromatic heterocycles. The molecule has 5 aromatic rings. The summed E-state index contributed by atoms with van der Waals surface area (Å²) in [6.45, 7) is 0. The Hall–Kier alpha value is -4.22. The van der Waals surface area contributed by atoms with Gasteiger partial charge in [-0.25, -0.2) is 52.7 Å². The van der Waals surface area contributed by atoms with Crippen LogP contribution in [0.1, 0.15) is 5.56 Å². The van der Waals surface area contributed by atoms with Crippen LogP contribution in [0.15, 0.2) is 97.1 Å². The van der Waals surface area contributed by atoms with Crippen molar-refractivity contribution in [1.82, 2.24) is 0 Å². The van der Waals surface area contributed by atoms with E-state index in [1.807, 2.05) is 0 Å². The van der Waals surface area contributed by atoms with E-state index in [0.29, 0.717) is 12.1 Å². The van der Waals surface area contributed by atoms with Crippen LogP contribution in [-0.4, -0.2) is 0 Å². The molecule has 0 fully saturated rings. The molecule has 0 aliphatic heterocycles. The molecule has 0 heterocycles. The van der Waals surface area contributed by atoms with Gasteiger partial charge in [-0.1, -0.05) is 6.07 Å². The van der Waals surface area contributed by atoms with Crippen LogP contribution in [-0.2, 0) is 6.18 Å². The van der Waals surface area contributed by atoms with Crippen molar-refractivity contribution >= 4 is 22.6 Å². The van der Waals surface area contributed by atoms with Gasteiger partial charge >= 0.3 is 6.18 Å². The Balaban J connectivity index is 0.000000297. The maximum atomic E-state index is 12.1. The minimum Gasteiger partial charge on any atom is -0.207 e.